The molecule has 2 rings (SSSR count). The quantitative estimate of drug-likeness (QED) is 0.0765. The van der Waals surface area contributed by atoms with Crippen LogP contribution in [0.25, 0.3) is 0 Å². The SMILES string of the molecule is C=C(C=O)COCCCCOC(=O)/C(C#N)=C1\Sc2c(I)cc(C(C)(C)C)c(I)c2S1. The van der Waals surface area contributed by atoms with E-state index in [1.807, 2.05) is 6.07 Å². The minimum absolute atomic E-state index is 0.00432. The largest absolute Gasteiger partial charge is 0.462 e. The van der Waals surface area contributed by atoms with Crippen molar-refractivity contribution >= 4 is 81.0 Å². The molecule has 166 valence electrons. The normalized spacial score (nSPS) is 14.6. The molecule has 0 fully saturated rings. The van der Waals surface area contributed by atoms with E-state index in [0.717, 1.165) is 16.9 Å². The van der Waals surface area contributed by atoms with Crippen LogP contribution in [-0.4, -0.2) is 32.1 Å². The molecule has 1 aliphatic rings. The first-order chi connectivity index (χ1) is 14.6. The number of hydrogen-bond donors (Lipinski definition) is 0. The Hall–Kier alpha value is -0.550. The van der Waals surface area contributed by atoms with E-state index < -0.39 is 5.97 Å². The fraction of sp³-hybridized carbons (Fsp3) is 0.409. The van der Waals surface area contributed by atoms with Crippen LogP contribution in [0.2, 0.25) is 0 Å². The molecule has 0 N–H and O–H groups in total. The van der Waals surface area contributed by atoms with Crippen LogP contribution in [0.3, 0.4) is 0 Å². The molecule has 0 bridgehead atoms. The van der Waals surface area contributed by atoms with Crippen molar-refractivity contribution in [3.8, 4) is 6.07 Å². The third kappa shape index (κ3) is 7.22. The number of carbonyl (C=O) groups excluding carboxylic acids is 2. The summed E-state index contributed by atoms with van der Waals surface area (Å²) in [4.78, 5) is 25.2. The van der Waals surface area contributed by atoms with Crippen molar-refractivity contribution in [2.24, 2.45) is 0 Å². The lowest BCUT2D eigenvalue weighted by molar-refractivity contribution is -0.138. The Balaban J connectivity index is 2.01. The highest BCUT2D eigenvalue weighted by Gasteiger charge is 2.32. The molecule has 31 heavy (non-hydrogen) atoms. The summed E-state index contributed by atoms with van der Waals surface area (Å²) in [5.41, 5.74) is 1.70. The molecule has 9 heteroatoms. The molecule has 0 unspecified atom stereocenters. The molecule has 0 radical (unpaired) electrons. The van der Waals surface area contributed by atoms with Crippen molar-refractivity contribution in [3.63, 3.8) is 0 Å². The number of carbonyl (C=O) groups is 2. The molecule has 0 amide bonds. The highest BCUT2D eigenvalue weighted by Crippen LogP contribution is 2.56. The van der Waals surface area contributed by atoms with Gasteiger partial charge in [0, 0.05) is 29.1 Å². The van der Waals surface area contributed by atoms with Gasteiger partial charge in [-0.2, -0.15) is 5.26 Å². The number of fused-ring (bicyclic) bond motifs is 1. The third-order valence-corrected chi connectivity index (χ3v) is 9.57. The van der Waals surface area contributed by atoms with Gasteiger partial charge < -0.3 is 9.47 Å². The minimum Gasteiger partial charge on any atom is -0.462 e. The van der Waals surface area contributed by atoms with E-state index in [2.05, 4.69) is 78.6 Å². The van der Waals surface area contributed by atoms with Gasteiger partial charge in [-0.3, -0.25) is 4.79 Å². The summed E-state index contributed by atoms with van der Waals surface area (Å²) in [7, 11) is 0. The van der Waals surface area contributed by atoms with Crippen LogP contribution in [0, 0.1) is 18.5 Å². The van der Waals surface area contributed by atoms with E-state index in [0.29, 0.717) is 35.5 Å². The summed E-state index contributed by atoms with van der Waals surface area (Å²) in [5, 5.41) is 9.61. The second-order valence-corrected chi connectivity index (χ2v) is 12.3. The maximum atomic E-state index is 12.5. The van der Waals surface area contributed by atoms with Gasteiger partial charge in [-0.15, -0.1) is 0 Å². The van der Waals surface area contributed by atoms with E-state index in [9.17, 15) is 14.9 Å². The average Bonchev–Trinajstić information content (AvgIpc) is 3.15. The number of nitriles is 1. The fourth-order valence-corrected chi connectivity index (χ4v) is 7.93. The van der Waals surface area contributed by atoms with Crippen LogP contribution in [0.4, 0.5) is 0 Å². The smallest absolute Gasteiger partial charge is 0.350 e. The molecule has 1 heterocycles. The summed E-state index contributed by atoms with van der Waals surface area (Å²) in [6.45, 7) is 10.9. The zero-order valence-corrected chi connectivity index (χ0v) is 23.5. The Morgan fingerprint density at radius 2 is 1.87 bits per heavy atom. The number of aldehydes is 1. The zero-order chi connectivity index (χ0) is 23.2. The zero-order valence-electron chi connectivity index (χ0n) is 17.5. The first kappa shape index (κ1) is 26.7. The van der Waals surface area contributed by atoms with Crippen molar-refractivity contribution in [2.75, 3.05) is 19.8 Å². The second kappa shape index (κ2) is 12.1. The Kier molecular flexibility index (Phi) is 10.4. The maximum absolute atomic E-state index is 12.5. The molecule has 0 aromatic heterocycles. The van der Waals surface area contributed by atoms with E-state index in [1.165, 1.54) is 29.1 Å². The number of ether oxygens (including phenoxy) is 2. The Labute approximate surface area is 219 Å². The number of benzene rings is 1. The molecule has 1 aromatic carbocycles. The predicted octanol–water partition coefficient (Wildman–Crippen LogP) is 6.22. The fourth-order valence-electron chi connectivity index (χ4n) is 2.58. The van der Waals surface area contributed by atoms with Gasteiger partial charge in [-0.1, -0.05) is 50.9 Å². The van der Waals surface area contributed by atoms with E-state index in [-0.39, 0.29) is 24.2 Å². The van der Waals surface area contributed by atoms with Crippen molar-refractivity contribution in [1.29, 1.82) is 5.26 Å². The molecule has 1 aromatic rings. The predicted molar refractivity (Wildman–Crippen MR) is 141 cm³/mol. The van der Waals surface area contributed by atoms with Gasteiger partial charge in [-0.25, -0.2) is 4.79 Å². The van der Waals surface area contributed by atoms with Gasteiger partial charge in [0.1, 0.15) is 12.4 Å². The lowest BCUT2D eigenvalue weighted by Crippen LogP contribution is -2.14. The molecule has 1 aliphatic heterocycles. The first-order valence-corrected chi connectivity index (χ1v) is 13.3. The van der Waals surface area contributed by atoms with Crippen molar-refractivity contribution < 1.29 is 19.1 Å². The molecule has 5 nitrogen and oxygen atoms in total. The van der Waals surface area contributed by atoms with Crippen LogP contribution < -0.4 is 0 Å². The number of nitrogens with zero attached hydrogens (tertiary/aromatic N) is 1. The van der Waals surface area contributed by atoms with Crippen LogP contribution in [0.1, 0.15) is 39.2 Å². The van der Waals surface area contributed by atoms with E-state index in [4.69, 9.17) is 9.47 Å². The minimum atomic E-state index is -0.596. The average molecular weight is 683 g/mol. The molecular formula is C22H23I2NO4S2. The van der Waals surface area contributed by atoms with Gasteiger partial charge >= 0.3 is 5.97 Å². The van der Waals surface area contributed by atoms with Gasteiger partial charge in [-0.05, 0) is 75.1 Å². The molecule has 0 aliphatic carbocycles. The number of hydrogen-bond acceptors (Lipinski definition) is 7. The van der Waals surface area contributed by atoms with Gasteiger partial charge in [0.15, 0.2) is 5.57 Å². The highest BCUT2D eigenvalue weighted by molar-refractivity contribution is 14.1. The van der Waals surface area contributed by atoms with Crippen LogP contribution in [0.5, 0.6) is 0 Å². The number of halogens is 2. The summed E-state index contributed by atoms with van der Waals surface area (Å²) < 4.78 is 13.6. The lowest BCUT2D eigenvalue weighted by atomic mass is 9.87. The summed E-state index contributed by atoms with van der Waals surface area (Å²) >= 11 is 7.62. The van der Waals surface area contributed by atoms with Crippen molar-refractivity contribution in [2.45, 2.75) is 48.8 Å². The van der Waals surface area contributed by atoms with Crippen LogP contribution in [-0.2, 0) is 24.5 Å². The van der Waals surface area contributed by atoms with E-state index in [1.54, 1.807) is 0 Å². The Morgan fingerprint density at radius 1 is 1.23 bits per heavy atom. The molecule has 0 spiro atoms. The third-order valence-electron chi connectivity index (χ3n) is 4.22. The number of esters is 1. The lowest BCUT2D eigenvalue weighted by Gasteiger charge is -2.22. The van der Waals surface area contributed by atoms with E-state index >= 15 is 0 Å². The highest BCUT2D eigenvalue weighted by atomic mass is 127. The molecule has 0 atom stereocenters. The number of thioether (sulfide) groups is 2. The maximum Gasteiger partial charge on any atom is 0.350 e. The van der Waals surface area contributed by atoms with Gasteiger partial charge in [0.25, 0.3) is 0 Å². The molecule has 0 saturated heterocycles. The topological polar surface area (TPSA) is 76.4 Å². The molecule has 0 saturated carbocycles. The van der Waals surface area contributed by atoms with Crippen LogP contribution in [0.15, 0.2) is 37.8 Å². The monoisotopic (exact) mass is 683 g/mol. The van der Waals surface area contributed by atoms with Crippen LogP contribution >= 0.6 is 68.7 Å². The summed E-state index contributed by atoms with van der Waals surface area (Å²) in [6.07, 6.45) is 1.96. The molecular weight excluding hydrogens is 660 g/mol. The van der Waals surface area contributed by atoms with Crippen molar-refractivity contribution in [1.82, 2.24) is 0 Å². The summed E-state index contributed by atoms with van der Waals surface area (Å²) in [5.74, 6) is -0.596. The second-order valence-electron chi connectivity index (χ2n) is 7.78. The Bertz CT molecular complexity index is 962. The van der Waals surface area contributed by atoms with Gasteiger partial charge in [0.2, 0.25) is 0 Å². The van der Waals surface area contributed by atoms with Crippen molar-refractivity contribution in [3.05, 3.63) is 40.7 Å². The first-order valence-electron chi connectivity index (χ1n) is 9.50. The number of rotatable bonds is 9. The van der Waals surface area contributed by atoms with Gasteiger partial charge in [0.05, 0.1) is 17.5 Å². The Morgan fingerprint density at radius 3 is 2.48 bits per heavy atom. The summed E-state index contributed by atoms with van der Waals surface area (Å²) in [6, 6.07) is 4.22. The number of unbranched alkanes of at least 4 members (excludes halogenated alkanes) is 1. The standard InChI is InChI=1S/C22H23I2NO4S2/c1-13(11-26)12-28-7-5-6-8-29-20(27)14(10-25)21-30-18-16(23)9-15(22(2,3)4)17(24)19(18)31-21/h9,11H,1,5-8,12H2,2-4H3/b21-14+.